The summed E-state index contributed by atoms with van der Waals surface area (Å²) in [5, 5.41) is 14.0. The highest BCUT2D eigenvalue weighted by Crippen LogP contribution is 2.29. The quantitative estimate of drug-likeness (QED) is 0.470. The Balaban J connectivity index is 1.94. The largest absolute Gasteiger partial charge is 0.451 e. The van der Waals surface area contributed by atoms with Crippen LogP contribution in [0.2, 0.25) is 0 Å². The molecule has 1 aromatic heterocycles. The Morgan fingerprint density at radius 1 is 1.33 bits per heavy atom. The van der Waals surface area contributed by atoms with Crippen molar-refractivity contribution in [1.29, 1.82) is 0 Å². The van der Waals surface area contributed by atoms with Gasteiger partial charge in [0.25, 0.3) is 11.6 Å². The van der Waals surface area contributed by atoms with Gasteiger partial charge in [-0.25, -0.2) is 4.79 Å². The van der Waals surface area contributed by atoms with Gasteiger partial charge in [-0.1, -0.05) is 13.8 Å². The number of rotatable bonds is 7. The highest BCUT2D eigenvalue weighted by atomic mass is 32.1. The fourth-order valence-electron chi connectivity index (χ4n) is 2.00. The molecule has 0 fully saturated rings. The van der Waals surface area contributed by atoms with Gasteiger partial charge in [-0.05, 0) is 24.5 Å². The van der Waals surface area contributed by atoms with Gasteiger partial charge in [0.1, 0.15) is 4.88 Å². The van der Waals surface area contributed by atoms with Crippen LogP contribution in [0.1, 0.15) is 29.9 Å². The molecule has 2 rings (SSSR count). The number of nitrogens with zero attached hydrogens (tertiary/aromatic N) is 1. The fourth-order valence-corrected chi connectivity index (χ4v) is 2.94. The molecule has 1 N–H and O–H groups in total. The molecule has 0 bridgehead atoms. The highest BCUT2D eigenvalue weighted by Gasteiger charge is 2.15. The van der Waals surface area contributed by atoms with E-state index >= 15 is 0 Å². The molecule has 0 aliphatic heterocycles. The third-order valence-corrected chi connectivity index (χ3v) is 4.39. The predicted molar refractivity (Wildman–Crippen MR) is 91.2 cm³/mol. The van der Waals surface area contributed by atoms with E-state index in [1.54, 1.807) is 6.07 Å². The average molecular weight is 350 g/mol. The van der Waals surface area contributed by atoms with Gasteiger partial charge in [0.2, 0.25) is 0 Å². The van der Waals surface area contributed by atoms with E-state index in [-0.39, 0.29) is 18.2 Å². The van der Waals surface area contributed by atoms with Crippen LogP contribution in [0.5, 0.6) is 0 Å². The minimum atomic E-state index is -0.613. The van der Waals surface area contributed by atoms with Crippen molar-refractivity contribution in [2.75, 3.05) is 13.2 Å². The van der Waals surface area contributed by atoms with Crippen molar-refractivity contribution in [2.24, 2.45) is 5.92 Å². The van der Waals surface area contributed by atoms with Crippen molar-refractivity contribution in [3.05, 3.63) is 39.3 Å². The van der Waals surface area contributed by atoms with E-state index in [1.165, 1.54) is 29.5 Å². The smallest absolute Gasteiger partial charge is 0.348 e. The first-order valence-electron chi connectivity index (χ1n) is 7.48. The van der Waals surface area contributed by atoms with Gasteiger partial charge < -0.3 is 10.1 Å². The first-order valence-corrected chi connectivity index (χ1v) is 8.30. The molecular formula is C16H18N2O5S. The molecule has 7 nitrogen and oxygen atoms in total. The van der Waals surface area contributed by atoms with Gasteiger partial charge >= 0.3 is 5.97 Å². The summed E-state index contributed by atoms with van der Waals surface area (Å²) < 4.78 is 5.72. The van der Waals surface area contributed by atoms with Crippen molar-refractivity contribution < 1.29 is 19.2 Å². The summed E-state index contributed by atoms with van der Waals surface area (Å²) in [5.41, 5.74) is -0.0373. The molecule has 0 aliphatic rings. The van der Waals surface area contributed by atoms with E-state index in [9.17, 15) is 19.7 Å². The SMILES string of the molecule is CC(C)CCNC(=O)COC(=O)c1cc2cc([N+](=O)[O-])ccc2s1. The summed E-state index contributed by atoms with van der Waals surface area (Å²) >= 11 is 1.17. The molecule has 0 atom stereocenters. The molecule has 0 spiro atoms. The zero-order chi connectivity index (χ0) is 17.7. The first kappa shape index (κ1) is 17.9. The van der Waals surface area contributed by atoms with Crippen molar-refractivity contribution >= 4 is 39.0 Å². The van der Waals surface area contributed by atoms with E-state index in [0.717, 1.165) is 11.1 Å². The lowest BCUT2D eigenvalue weighted by Crippen LogP contribution is -2.30. The number of thiophene rings is 1. The van der Waals surface area contributed by atoms with Crippen molar-refractivity contribution in [3.8, 4) is 0 Å². The van der Waals surface area contributed by atoms with Crippen LogP contribution in [0.4, 0.5) is 5.69 Å². The third-order valence-electron chi connectivity index (χ3n) is 3.29. The monoisotopic (exact) mass is 350 g/mol. The van der Waals surface area contributed by atoms with Gasteiger partial charge in [-0.2, -0.15) is 0 Å². The number of esters is 1. The lowest BCUT2D eigenvalue weighted by molar-refractivity contribution is -0.384. The number of hydrogen-bond donors (Lipinski definition) is 1. The second-order valence-electron chi connectivity index (χ2n) is 5.70. The van der Waals surface area contributed by atoms with Crippen LogP contribution in [0.3, 0.4) is 0 Å². The number of benzene rings is 1. The van der Waals surface area contributed by atoms with E-state index < -0.39 is 10.9 Å². The Hall–Kier alpha value is -2.48. The minimum absolute atomic E-state index is 0.0373. The predicted octanol–water partition coefficient (Wildman–Crippen LogP) is 3.13. The van der Waals surface area contributed by atoms with Crippen LogP contribution in [-0.2, 0) is 9.53 Å². The van der Waals surface area contributed by atoms with Crippen LogP contribution in [0.15, 0.2) is 24.3 Å². The van der Waals surface area contributed by atoms with Gasteiger partial charge in [-0.15, -0.1) is 11.3 Å². The van der Waals surface area contributed by atoms with Crippen molar-refractivity contribution in [2.45, 2.75) is 20.3 Å². The number of nitro benzene ring substituents is 1. The van der Waals surface area contributed by atoms with E-state index in [0.29, 0.717) is 22.7 Å². The van der Waals surface area contributed by atoms with Crippen LogP contribution in [0.25, 0.3) is 10.1 Å². The number of carbonyl (C=O) groups excluding carboxylic acids is 2. The Bertz CT molecular complexity index is 769. The minimum Gasteiger partial charge on any atom is -0.451 e. The molecule has 128 valence electrons. The summed E-state index contributed by atoms with van der Waals surface area (Å²) in [5.74, 6) is -0.478. The number of nitrogens with one attached hydrogen (secondary N) is 1. The van der Waals surface area contributed by atoms with Crippen LogP contribution in [-0.4, -0.2) is 30.0 Å². The van der Waals surface area contributed by atoms with Gasteiger partial charge in [-0.3, -0.25) is 14.9 Å². The second kappa shape index (κ2) is 7.87. The van der Waals surface area contributed by atoms with E-state index in [4.69, 9.17) is 4.74 Å². The number of non-ortho nitro benzene ring substituents is 1. The lowest BCUT2D eigenvalue weighted by Gasteiger charge is -2.07. The molecule has 0 saturated heterocycles. The number of ether oxygens (including phenoxy) is 1. The third kappa shape index (κ3) is 4.76. The summed E-state index contributed by atoms with van der Waals surface area (Å²) in [7, 11) is 0. The first-order chi connectivity index (χ1) is 11.4. The van der Waals surface area contributed by atoms with Crippen LogP contribution < -0.4 is 5.32 Å². The van der Waals surface area contributed by atoms with Gasteiger partial charge in [0, 0.05) is 28.8 Å². The molecule has 24 heavy (non-hydrogen) atoms. The van der Waals surface area contributed by atoms with Crippen molar-refractivity contribution in [3.63, 3.8) is 0 Å². The second-order valence-corrected chi connectivity index (χ2v) is 6.78. The van der Waals surface area contributed by atoms with Gasteiger partial charge in [0.05, 0.1) is 4.92 Å². The fraction of sp³-hybridized carbons (Fsp3) is 0.375. The summed E-state index contributed by atoms with van der Waals surface area (Å²) in [4.78, 5) is 34.2. The molecular weight excluding hydrogens is 332 g/mol. The molecule has 1 amide bonds. The molecule has 8 heteroatoms. The number of amides is 1. The number of nitro groups is 1. The number of hydrogen-bond acceptors (Lipinski definition) is 6. The standard InChI is InChI=1S/C16H18N2O5S/c1-10(2)5-6-17-15(19)9-23-16(20)14-8-11-7-12(18(21)22)3-4-13(11)24-14/h3-4,7-8,10H,5-6,9H2,1-2H3,(H,17,19). The normalized spacial score (nSPS) is 10.8. The van der Waals surface area contributed by atoms with Crippen LogP contribution >= 0.6 is 11.3 Å². The zero-order valence-electron chi connectivity index (χ0n) is 13.4. The average Bonchev–Trinajstić information content (AvgIpc) is 2.95. The lowest BCUT2D eigenvalue weighted by atomic mass is 10.1. The van der Waals surface area contributed by atoms with Crippen LogP contribution in [0, 0.1) is 16.0 Å². The highest BCUT2D eigenvalue weighted by molar-refractivity contribution is 7.20. The summed E-state index contributed by atoms with van der Waals surface area (Å²) in [6.07, 6.45) is 0.856. The maximum Gasteiger partial charge on any atom is 0.348 e. The molecule has 2 aromatic rings. The zero-order valence-corrected chi connectivity index (χ0v) is 14.2. The Kier molecular flexibility index (Phi) is 5.86. The maximum atomic E-state index is 12.0. The molecule has 0 unspecified atom stereocenters. The van der Waals surface area contributed by atoms with Crippen molar-refractivity contribution in [1.82, 2.24) is 5.32 Å². The molecule has 0 radical (unpaired) electrons. The summed E-state index contributed by atoms with van der Waals surface area (Å²) in [6.45, 7) is 4.31. The molecule has 0 aliphatic carbocycles. The Labute approximate surface area is 142 Å². The van der Waals surface area contributed by atoms with E-state index in [2.05, 4.69) is 19.2 Å². The Morgan fingerprint density at radius 2 is 2.08 bits per heavy atom. The molecule has 1 aromatic carbocycles. The van der Waals surface area contributed by atoms with Gasteiger partial charge in [0.15, 0.2) is 6.61 Å². The maximum absolute atomic E-state index is 12.0. The summed E-state index contributed by atoms with van der Waals surface area (Å²) in [6, 6.07) is 5.91. The topological polar surface area (TPSA) is 98.5 Å². The molecule has 1 heterocycles. The molecule has 0 saturated carbocycles. The number of fused-ring (bicyclic) bond motifs is 1. The Morgan fingerprint density at radius 3 is 2.75 bits per heavy atom. The van der Waals surface area contributed by atoms with E-state index in [1.807, 2.05) is 0 Å². The number of carbonyl (C=O) groups is 2.